The van der Waals surface area contributed by atoms with Crippen LogP contribution >= 0.6 is 15.9 Å². The lowest BCUT2D eigenvalue weighted by Crippen LogP contribution is -2.24. The third kappa shape index (κ3) is 5.10. The van der Waals surface area contributed by atoms with Crippen molar-refractivity contribution in [1.82, 2.24) is 5.32 Å². The monoisotopic (exact) mass is 284 g/mol. The van der Waals surface area contributed by atoms with Gasteiger partial charge in [-0.15, -0.1) is 0 Å². The van der Waals surface area contributed by atoms with Crippen LogP contribution in [0.2, 0.25) is 0 Å². The van der Waals surface area contributed by atoms with E-state index in [-0.39, 0.29) is 0 Å². The van der Waals surface area contributed by atoms with E-state index in [1.54, 1.807) is 0 Å². The van der Waals surface area contributed by atoms with Crippen molar-refractivity contribution in [3.8, 4) is 0 Å². The summed E-state index contributed by atoms with van der Waals surface area (Å²) in [6, 6.07) is 8.38. The number of nitrogens with two attached hydrogens (primary N) is 1. The first kappa shape index (κ1) is 13.7. The van der Waals surface area contributed by atoms with Gasteiger partial charge in [0, 0.05) is 4.47 Å². The standard InChI is InChI=1S/C13H21BrN2/c1-11(6-8-15)10-16-9-7-12-4-2-3-5-13(12)14/h2-5,11,16H,6-10,15H2,1H3. The molecule has 0 aliphatic carbocycles. The molecular formula is C13H21BrN2. The Morgan fingerprint density at radius 3 is 2.81 bits per heavy atom. The highest BCUT2D eigenvalue weighted by Gasteiger charge is 2.01. The highest BCUT2D eigenvalue weighted by atomic mass is 79.9. The van der Waals surface area contributed by atoms with Crippen LogP contribution in [-0.4, -0.2) is 19.6 Å². The van der Waals surface area contributed by atoms with Gasteiger partial charge in [-0.3, -0.25) is 0 Å². The first-order chi connectivity index (χ1) is 7.74. The van der Waals surface area contributed by atoms with Crippen LogP contribution in [0.1, 0.15) is 18.9 Å². The summed E-state index contributed by atoms with van der Waals surface area (Å²) >= 11 is 3.56. The van der Waals surface area contributed by atoms with Crippen molar-refractivity contribution < 1.29 is 0 Å². The zero-order valence-corrected chi connectivity index (χ0v) is 11.5. The average Bonchev–Trinajstić information content (AvgIpc) is 2.27. The van der Waals surface area contributed by atoms with Crippen molar-refractivity contribution in [2.45, 2.75) is 19.8 Å². The highest BCUT2D eigenvalue weighted by Crippen LogP contribution is 2.15. The fourth-order valence-electron chi connectivity index (χ4n) is 1.66. The summed E-state index contributed by atoms with van der Waals surface area (Å²) in [5.74, 6) is 0.671. The van der Waals surface area contributed by atoms with E-state index < -0.39 is 0 Å². The van der Waals surface area contributed by atoms with E-state index >= 15 is 0 Å². The second kappa shape index (κ2) is 7.82. The third-order valence-corrected chi connectivity index (χ3v) is 3.45. The molecule has 1 aromatic carbocycles. The lowest BCUT2D eigenvalue weighted by atomic mass is 10.1. The Kier molecular flexibility index (Phi) is 6.69. The van der Waals surface area contributed by atoms with E-state index in [2.05, 4.69) is 46.4 Å². The minimum absolute atomic E-state index is 0.671. The lowest BCUT2D eigenvalue weighted by molar-refractivity contribution is 0.489. The molecular weight excluding hydrogens is 264 g/mol. The average molecular weight is 285 g/mol. The molecule has 3 N–H and O–H groups in total. The molecule has 0 amide bonds. The van der Waals surface area contributed by atoms with Crippen molar-refractivity contribution in [3.63, 3.8) is 0 Å². The Balaban J connectivity index is 2.19. The fraction of sp³-hybridized carbons (Fsp3) is 0.538. The van der Waals surface area contributed by atoms with E-state index in [1.165, 1.54) is 10.0 Å². The van der Waals surface area contributed by atoms with Gasteiger partial charge in [-0.05, 0) is 50.0 Å². The summed E-state index contributed by atoms with van der Waals surface area (Å²) in [6.45, 7) is 5.10. The van der Waals surface area contributed by atoms with Crippen LogP contribution in [0.15, 0.2) is 28.7 Å². The Bertz CT molecular complexity index is 302. The van der Waals surface area contributed by atoms with Gasteiger partial charge in [0.1, 0.15) is 0 Å². The third-order valence-electron chi connectivity index (χ3n) is 2.68. The number of hydrogen-bond donors (Lipinski definition) is 2. The summed E-state index contributed by atoms with van der Waals surface area (Å²) < 4.78 is 1.20. The predicted molar refractivity (Wildman–Crippen MR) is 73.6 cm³/mol. The number of hydrogen-bond acceptors (Lipinski definition) is 2. The molecule has 90 valence electrons. The van der Waals surface area contributed by atoms with E-state index in [9.17, 15) is 0 Å². The first-order valence-electron chi connectivity index (χ1n) is 5.88. The number of benzene rings is 1. The molecule has 0 saturated heterocycles. The van der Waals surface area contributed by atoms with Gasteiger partial charge in [-0.25, -0.2) is 0 Å². The summed E-state index contributed by atoms with van der Waals surface area (Å²) in [6.07, 6.45) is 2.17. The lowest BCUT2D eigenvalue weighted by Gasteiger charge is -2.11. The number of halogens is 1. The minimum atomic E-state index is 0.671. The molecule has 0 fully saturated rings. The molecule has 1 unspecified atom stereocenters. The molecule has 0 saturated carbocycles. The second-order valence-corrected chi connectivity index (χ2v) is 5.08. The van der Waals surface area contributed by atoms with Crippen LogP contribution in [-0.2, 0) is 6.42 Å². The Labute approximate surface area is 107 Å². The Hall–Kier alpha value is -0.380. The largest absolute Gasteiger partial charge is 0.330 e. The normalized spacial score (nSPS) is 12.7. The van der Waals surface area contributed by atoms with Gasteiger partial charge in [0.2, 0.25) is 0 Å². The maximum atomic E-state index is 5.51. The van der Waals surface area contributed by atoms with Crippen LogP contribution in [0.4, 0.5) is 0 Å². The Morgan fingerprint density at radius 2 is 2.12 bits per heavy atom. The van der Waals surface area contributed by atoms with Gasteiger partial charge in [-0.1, -0.05) is 41.1 Å². The van der Waals surface area contributed by atoms with Crippen LogP contribution in [0.3, 0.4) is 0 Å². The van der Waals surface area contributed by atoms with Gasteiger partial charge in [-0.2, -0.15) is 0 Å². The molecule has 0 heterocycles. The van der Waals surface area contributed by atoms with E-state index in [4.69, 9.17) is 5.73 Å². The summed E-state index contributed by atoms with van der Waals surface area (Å²) in [7, 11) is 0. The van der Waals surface area contributed by atoms with Gasteiger partial charge < -0.3 is 11.1 Å². The molecule has 0 aliphatic rings. The molecule has 0 radical (unpaired) electrons. The maximum absolute atomic E-state index is 5.51. The molecule has 0 spiro atoms. The van der Waals surface area contributed by atoms with Gasteiger partial charge in [0.25, 0.3) is 0 Å². The van der Waals surface area contributed by atoms with Crippen molar-refractivity contribution in [1.29, 1.82) is 0 Å². The minimum Gasteiger partial charge on any atom is -0.330 e. The number of rotatable bonds is 7. The molecule has 1 rings (SSSR count). The Morgan fingerprint density at radius 1 is 1.38 bits per heavy atom. The van der Waals surface area contributed by atoms with Gasteiger partial charge in [0.15, 0.2) is 0 Å². The van der Waals surface area contributed by atoms with Crippen LogP contribution in [0.5, 0.6) is 0 Å². The molecule has 0 aromatic heterocycles. The van der Waals surface area contributed by atoms with E-state index in [1.807, 2.05) is 6.07 Å². The maximum Gasteiger partial charge on any atom is 0.0207 e. The van der Waals surface area contributed by atoms with E-state index in [0.29, 0.717) is 5.92 Å². The summed E-state index contributed by atoms with van der Waals surface area (Å²) in [5.41, 5.74) is 6.87. The molecule has 1 atom stereocenters. The summed E-state index contributed by atoms with van der Waals surface area (Å²) in [4.78, 5) is 0. The van der Waals surface area contributed by atoms with Crippen molar-refractivity contribution in [3.05, 3.63) is 34.3 Å². The SMILES string of the molecule is CC(CCN)CNCCc1ccccc1Br. The molecule has 2 nitrogen and oxygen atoms in total. The highest BCUT2D eigenvalue weighted by molar-refractivity contribution is 9.10. The molecule has 0 aliphatic heterocycles. The quantitative estimate of drug-likeness (QED) is 0.756. The van der Waals surface area contributed by atoms with Crippen molar-refractivity contribution in [2.24, 2.45) is 11.7 Å². The zero-order valence-electron chi connectivity index (χ0n) is 9.88. The molecule has 1 aromatic rings. The van der Waals surface area contributed by atoms with Crippen molar-refractivity contribution >= 4 is 15.9 Å². The van der Waals surface area contributed by atoms with Gasteiger partial charge in [0.05, 0.1) is 0 Å². The molecule has 16 heavy (non-hydrogen) atoms. The molecule has 3 heteroatoms. The first-order valence-corrected chi connectivity index (χ1v) is 6.67. The number of nitrogens with one attached hydrogen (secondary N) is 1. The van der Waals surface area contributed by atoms with E-state index in [0.717, 1.165) is 32.5 Å². The topological polar surface area (TPSA) is 38.0 Å². The van der Waals surface area contributed by atoms with Crippen LogP contribution in [0.25, 0.3) is 0 Å². The predicted octanol–water partition coefficient (Wildman–Crippen LogP) is 2.57. The fourth-order valence-corrected chi connectivity index (χ4v) is 2.14. The smallest absolute Gasteiger partial charge is 0.0207 e. The second-order valence-electron chi connectivity index (χ2n) is 4.23. The summed E-state index contributed by atoms with van der Waals surface area (Å²) in [5, 5.41) is 3.47. The zero-order chi connectivity index (χ0) is 11.8. The van der Waals surface area contributed by atoms with Crippen LogP contribution in [0, 0.1) is 5.92 Å². The van der Waals surface area contributed by atoms with Crippen LogP contribution < -0.4 is 11.1 Å². The van der Waals surface area contributed by atoms with Gasteiger partial charge >= 0.3 is 0 Å². The molecule has 0 bridgehead atoms. The van der Waals surface area contributed by atoms with Crippen molar-refractivity contribution in [2.75, 3.05) is 19.6 Å².